The number of amides is 1. The molecule has 148 valence electrons. The lowest BCUT2D eigenvalue weighted by Gasteiger charge is -2.34. The summed E-state index contributed by atoms with van der Waals surface area (Å²) in [5.74, 6) is 0.0253. The van der Waals surface area contributed by atoms with Gasteiger partial charge in [0.2, 0.25) is 5.91 Å². The summed E-state index contributed by atoms with van der Waals surface area (Å²) in [6.07, 6.45) is 0.883. The molecule has 1 aliphatic heterocycles. The van der Waals surface area contributed by atoms with Gasteiger partial charge in [-0.2, -0.15) is 0 Å². The second kappa shape index (κ2) is 8.32. The number of para-hydroxylation sites is 2. The number of imidazole rings is 1. The third-order valence-corrected chi connectivity index (χ3v) is 6.21. The molecule has 7 heteroatoms. The number of hydrogen-bond donors (Lipinski definition) is 0. The van der Waals surface area contributed by atoms with Crippen molar-refractivity contribution < 1.29 is 4.79 Å². The van der Waals surface area contributed by atoms with E-state index in [1.807, 2.05) is 29.2 Å². The van der Waals surface area contributed by atoms with Gasteiger partial charge in [0, 0.05) is 44.1 Å². The predicted octanol–water partition coefficient (Wildman–Crippen LogP) is 2.62. The summed E-state index contributed by atoms with van der Waals surface area (Å²) in [5, 5.41) is 2.10. The monoisotopic (exact) mass is 398 g/mol. The summed E-state index contributed by atoms with van der Waals surface area (Å²) in [4.78, 5) is 31.4. The van der Waals surface area contributed by atoms with Crippen molar-refractivity contribution in [2.45, 2.75) is 33.0 Å². The molecule has 0 saturated carbocycles. The van der Waals surface area contributed by atoms with E-state index < -0.39 is 0 Å². The number of rotatable bonds is 6. The van der Waals surface area contributed by atoms with Gasteiger partial charge in [-0.1, -0.05) is 25.1 Å². The van der Waals surface area contributed by atoms with Gasteiger partial charge in [-0.3, -0.25) is 18.8 Å². The van der Waals surface area contributed by atoms with E-state index in [9.17, 15) is 9.59 Å². The number of carbonyl (C=O) groups is 1. The van der Waals surface area contributed by atoms with E-state index in [-0.39, 0.29) is 18.1 Å². The Morgan fingerprint density at radius 1 is 1.00 bits per heavy atom. The Morgan fingerprint density at radius 2 is 1.71 bits per heavy atom. The highest BCUT2D eigenvalue weighted by atomic mass is 32.1. The van der Waals surface area contributed by atoms with Crippen molar-refractivity contribution in [3.05, 3.63) is 57.1 Å². The first-order chi connectivity index (χ1) is 13.7. The summed E-state index contributed by atoms with van der Waals surface area (Å²) in [5.41, 5.74) is 1.65. The number of piperazine rings is 1. The van der Waals surface area contributed by atoms with Crippen molar-refractivity contribution in [1.29, 1.82) is 0 Å². The van der Waals surface area contributed by atoms with Crippen molar-refractivity contribution in [3.63, 3.8) is 0 Å². The number of nitrogens with zero attached hydrogens (tertiary/aromatic N) is 4. The molecule has 0 aliphatic carbocycles. The molecule has 1 amide bonds. The molecular formula is C21H26N4O2S. The summed E-state index contributed by atoms with van der Waals surface area (Å²) in [6, 6.07) is 12.0. The fourth-order valence-corrected chi connectivity index (χ4v) is 4.62. The van der Waals surface area contributed by atoms with Crippen LogP contribution in [0.2, 0.25) is 0 Å². The molecule has 3 aromatic rings. The highest BCUT2D eigenvalue weighted by Gasteiger charge is 2.23. The average molecular weight is 399 g/mol. The van der Waals surface area contributed by atoms with E-state index in [0.29, 0.717) is 19.6 Å². The summed E-state index contributed by atoms with van der Waals surface area (Å²) in [7, 11) is 0. The number of benzene rings is 1. The topological polar surface area (TPSA) is 50.5 Å². The lowest BCUT2D eigenvalue weighted by atomic mass is 10.3. The van der Waals surface area contributed by atoms with E-state index in [1.54, 1.807) is 20.5 Å². The SMILES string of the molecule is CCCn1c(=O)n(CC(=O)N2CCN(Cc3cccs3)CC2)c2ccccc21. The van der Waals surface area contributed by atoms with Gasteiger partial charge in [-0.05, 0) is 30.0 Å². The van der Waals surface area contributed by atoms with Crippen LogP contribution in [0.5, 0.6) is 0 Å². The zero-order valence-corrected chi connectivity index (χ0v) is 17.0. The fourth-order valence-electron chi connectivity index (χ4n) is 3.88. The summed E-state index contributed by atoms with van der Waals surface area (Å²) < 4.78 is 3.41. The van der Waals surface area contributed by atoms with Gasteiger partial charge in [0.15, 0.2) is 0 Å². The molecule has 0 unspecified atom stereocenters. The molecule has 0 bridgehead atoms. The third kappa shape index (κ3) is 3.77. The lowest BCUT2D eigenvalue weighted by molar-refractivity contribution is -0.133. The van der Waals surface area contributed by atoms with E-state index in [2.05, 4.69) is 29.3 Å². The Balaban J connectivity index is 1.44. The molecular weight excluding hydrogens is 372 g/mol. The van der Waals surface area contributed by atoms with Crippen LogP contribution in [-0.4, -0.2) is 51.0 Å². The molecule has 1 saturated heterocycles. The first kappa shape index (κ1) is 19.0. The van der Waals surface area contributed by atoms with Gasteiger partial charge in [0.05, 0.1) is 11.0 Å². The molecule has 2 aromatic heterocycles. The van der Waals surface area contributed by atoms with Crippen LogP contribution in [0.1, 0.15) is 18.2 Å². The third-order valence-electron chi connectivity index (χ3n) is 5.35. The average Bonchev–Trinajstić information content (AvgIpc) is 3.31. The fraction of sp³-hybridized carbons (Fsp3) is 0.429. The number of thiophene rings is 1. The Labute approximate surface area is 168 Å². The number of aromatic nitrogens is 2. The molecule has 6 nitrogen and oxygen atoms in total. The van der Waals surface area contributed by atoms with Crippen LogP contribution in [0.25, 0.3) is 11.0 Å². The maximum atomic E-state index is 12.9. The minimum atomic E-state index is -0.0901. The first-order valence-corrected chi connectivity index (χ1v) is 10.8. The molecule has 0 atom stereocenters. The Kier molecular flexibility index (Phi) is 5.64. The standard InChI is InChI=1S/C21H26N4O2S/c1-2-9-24-18-7-3-4-8-19(18)25(21(24)27)16-20(26)23-12-10-22(11-13-23)15-17-6-5-14-28-17/h3-8,14H,2,9-13,15-16H2,1H3. The number of carbonyl (C=O) groups excluding carboxylic acids is 1. The Morgan fingerprint density at radius 3 is 2.36 bits per heavy atom. The maximum absolute atomic E-state index is 12.9. The number of aryl methyl sites for hydroxylation is 1. The van der Waals surface area contributed by atoms with Crippen LogP contribution in [0.4, 0.5) is 0 Å². The van der Waals surface area contributed by atoms with Crippen LogP contribution >= 0.6 is 11.3 Å². The van der Waals surface area contributed by atoms with Gasteiger partial charge >= 0.3 is 5.69 Å². The van der Waals surface area contributed by atoms with Gasteiger partial charge in [-0.15, -0.1) is 11.3 Å². The molecule has 1 fully saturated rings. The highest BCUT2D eigenvalue weighted by molar-refractivity contribution is 7.09. The van der Waals surface area contributed by atoms with Gasteiger partial charge in [0.1, 0.15) is 6.54 Å². The summed E-state index contributed by atoms with van der Waals surface area (Å²) in [6.45, 7) is 6.96. The maximum Gasteiger partial charge on any atom is 0.329 e. The molecule has 1 aromatic carbocycles. The predicted molar refractivity (Wildman–Crippen MR) is 113 cm³/mol. The van der Waals surface area contributed by atoms with Crippen molar-refractivity contribution in [2.75, 3.05) is 26.2 Å². The van der Waals surface area contributed by atoms with Crippen LogP contribution in [0.3, 0.4) is 0 Å². The smallest absolute Gasteiger partial charge is 0.329 e. The molecule has 28 heavy (non-hydrogen) atoms. The van der Waals surface area contributed by atoms with Crippen LogP contribution in [-0.2, 0) is 24.4 Å². The quantitative estimate of drug-likeness (QED) is 0.641. The molecule has 4 rings (SSSR count). The lowest BCUT2D eigenvalue weighted by Crippen LogP contribution is -2.49. The van der Waals surface area contributed by atoms with E-state index in [4.69, 9.17) is 0 Å². The normalized spacial score (nSPS) is 15.4. The zero-order chi connectivity index (χ0) is 19.5. The zero-order valence-electron chi connectivity index (χ0n) is 16.2. The van der Waals surface area contributed by atoms with Crippen LogP contribution in [0, 0.1) is 0 Å². The minimum Gasteiger partial charge on any atom is -0.339 e. The van der Waals surface area contributed by atoms with Crippen molar-refractivity contribution >= 4 is 28.3 Å². The minimum absolute atomic E-state index is 0.0253. The molecule has 1 aliphatic rings. The van der Waals surface area contributed by atoms with E-state index >= 15 is 0 Å². The van der Waals surface area contributed by atoms with Gasteiger partial charge in [-0.25, -0.2) is 4.79 Å². The number of hydrogen-bond acceptors (Lipinski definition) is 4. The van der Waals surface area contributed by atoms with Gasteiger partial charge in [0.25, 0.3) is 0 Å². The van der Waals surface area contributed by atoms with E-state index in [0.717, 1.165) is 37.1 Å². The Bertz CT molecular complexity index is 997. The molecule has 0 radical (unpaired) electrons. The van der Waals surface area contributed by atoms with Crippen molar-refractivity contribution in [1.82, 2.24) is 18.9 Å². The molecule has 3 heterocycles. The van der Waals surface area contributed by atoms with Crippen molar-refractivity contribution in [3.8, 4) is 0 Å². The Hall–Kier alpha value is -2.38. The van der Waals surface area contributed by atoms with E-state index in [1.165, 1.54) is 4.88 Å². The summed E-state index contributed by atoms with van der Waals surface area (Å²) >= 11 is 1.77. The second-order valence-corrected chi connectivity index (χ2v) is 8.28. The van der Waals surface area contributed by atoms with Gasteiger partial charge < -0.3 is 4.90 Å². The van der Waals surface area contributed by atoms with Crippen molar-refractivity contribution in [2.24, 2.45) is 0 Å². The first-order valence-electron chi connectivity index (χ1n) is 9.88. The largest absolute Gasteiger partial charge is 0.339 e. The molecule has 0 spiro atoms. The van der Waals surface area contributed by atoms with Crippen LogP contribution < -0.4 is 5.69 Å². The second-order valence-electron chi connectivity index (χ2n) is 7.25. The number of fused-ring (bicyclic) bond motifs is 1. The van der Waals surface area contributed by atoms with Crippen LogP contribution in [0.15, 0.2) is 46.6 Å². The molecule has 0 N–H and O–H groups in total. The highest BCUT2D eigenvalue weighted by Crippen LogP contribution is 2.15.